The van der Waals surface area contributed by atoms with Crippen LogP contribution >= 0.6 is 0 Å². The topological polar surface area (TPSA) is 34.0 Å². The lowest BCUT2D eigenvalue weighted by Gasteiger charge is -2.30. The molecule has 2 heterocycles. The number of fused-ring (bicyclic) bond motifs is 5. The van der Waals surface area contributed by atoms with Gasteiger partial charge in [-0.25, -0.2) is 0 Å². The van der Waals surface area contributed by atoms with Crippen molar-refractivity contribution in [2.24, 2.45) is 0 Å². The van der Waals surface area contributed by atoms with Crippen LogP contribution in [0.15, 0.2) is 71.9 Å². The van der Waals surface area contributed by atoms with Crippen LogP contribution in [0.4, 0.5) is 5.69 Å². The van der Waals surface area contributed by atoms with Gasteiger partial charge in [0.05, 0.1) is 0 Å². The molecule has 0 amide bonds. The molecule has 1 aromatic heterocycles. The molecule has 1 unspecified atom stereocenters. The minimum Gasteiger partial charge on any atom is -0.358 e. The summed E-state index contributed by atoms with van der Waals surface area (Å²) in [5, 5.41) is 6.17. The number of para-hydroxylation sites is 1. The molecule has 3 heteroatoms. The van der Waals surface area contributed by atoms with E-state index >= 15 is 0 Å². The number of anilines is 1. The molecule has 3 aromatic carbocycles. The second kappa shape index (κ2) is 6.33. The molecule has 0 saturated heterocycles. The van der Waals surface area contributed by atoms with E-state index in [0.29, 0.717) is 6.42 Å². The zero-order valence-corrected chi connectivity index (χ0v) is 17.3. The van der Waals surface area contributed by atoms with E-state index in [9.17, 15) is 4.79 Å². The first-order chi connectivity index (χ1) is 14.7. The third kappa shape index (κ3) is 2.29. The molecule has 1 aliphatic carbocycles. The molecule has 0 radical (unpaired) electrons. The van der Waals surface area contributed by atoms with Crippen molar-refractivity contribution in [2.75, 3.05) is 5.32 Å². The summed E-state index contributed by atoms with van der Waals surface area (Å²) >= 11 is 0. The first kappa shape index (κ1) is 17.5. The minimum atomic E-state index is -0.0216. The molecule has 0 bridgehead atoms. The van der Waals surface area contributed by atoms with Gasteiger partial charge >= 0.3 is 0 Å². The van der Waals surface area contributed by atoms with Gasteiger partial charge in [0.25, 0.3) is 0 Å². The lowest BCUT2D eigenvalue weighted by Crippen LogP contribution is -2.19. The first-order valence-corrected chi connectivity index (χ1v) is 10.8. The van der Waals surface area contributed by atoms with Gasteiger partial charge in [-0.05, 0) is 49.6 Å². The largest absolute Gasteiger partial charge is 0.358 e. The van der Waals surface area contributed by atoms with Gasteiger partial charge in [0.15, 0.2) is 5.78 Å². The molecular formula is C27H24N2O. The number of allylic oxidation sites excluding steroid dienone is 2. The summed E-state index contributed by atoms with van der Waals surface area (Å²) in [5.74, 6) is 0.261. The first-order valence-electron chi connectivity index (χ1n) is 10.8. The Bertz CT molecular complexity index is 1370. The van der Waals surface area contributed by atoms with Crippen molar-refractivity contribution in [1.29, 1.82) is 0 Å². The standard InChI is InChI=1S/C27H24N2O/c1-3-29-21-7-5-4-6-18(21)25-22(29)14-12-20-27(25)24(17-10-8-16(2)9-11-17)26-19(28-20)13-15-23(26)30/h4-12,14,24,28H,3,13,15H2,1-2H3. The maximum absolute atomic E-state index is 13.0. The number of hydrogen-bond donors (Lipinski definition) is 1. The fraction of sp³-hybridized carbons (Fsp3) is 0.222. The van der Waals surface area contributed by atoms with E-state index in [1.807, 2.05) is 0 Å². The molecule has 4 aromatic rings. The summed E-state index contributed by atoms with van der Waals surface area (Å²) < 4.78 is 2.39. The van der Waals surface area contributed by atoms with Gasteiger partial charge in [-0.1, -0.05) is 48.0 Å². The Morgan fingerprint density at radius 1 is 0.967 bits per heavy atom. The summed E-state index contributed by atoms with van der Waals surface area (Å²) in [7, 11) is 0. The maximum Gasteiger partial charge on any atom is 0.161 e. The van der Waals surface area contributed by atoms with Crippen LogP contribution in [0.3, 0.4) is 0 Å². The number of ketones is 1. The fourth-order valence-electron chi connectivity index (χ4n) is 5.46. The maximum atomic E-state index is 13.0. The van der Waals surface area contributed by atoms with Gasteiger partial charge in [0.1, 0.15) is 0 Å². The van der Waals surface area contributed by atoms with Crippen LogP contribution in [-0.4, -0.2) is 10.4 Å². The van der Waals surface area contributed by atoms with Crippen molar-refractivity contribution in [1.82, 2.24) is 4.57 Å². The summed E-state index contributed by atoms with van der Waals surface area (Å²) in [4.78, 5) is 13.0. The minimum absolute atomic E-state index is 0.0216. The third-order valence-corrected chi connectivity index (χ3v) is 6.80. The molecule has 1 atom stereocenters. The molecule has 1 aliphatic heterocycles. The summed E-state index contributed by atoms with van der Waals surface area (Å²) in [5.41, 5.74) is 9.39. The highest BCUT2D eigenvalue weighted by Gasteiger charge is 2.38. The number of carbonyl (C=O) groups excluding carboxylic acids is 1. The van der Waals surface area contributed by atoms with Crippen LogP contribution in [0.2, 0.25) is 0 Å². The van der Waals surface area contributed by atoms with Crippen LogP contribution < -0.4 is 5.32 Å². The number of Topliss-reactive ketones (excluding diaryl/α,β-unsaturated/α-hetero) is 1. The predicted octanol–water partition coefficient (Wildman–Crippen LogP) is 6.30. The molecule has 2 aliphatic rings. The number of nitrogens with one attached hydrogen (secondary N) is 1. The van der Waals surface area contributed by atoms with Gasteiger partial charge in [-0.15, -0.1) is 0 Å². The highest BCUT2D eigenvalue weighted by atomic mass is 16.1. The van der Waals surface area contributed by atoms with Crippen LogP contribution in [0.5, 0.6) is 0 Å². The zero-order valence-electron chi connectivity index (χ0n) is 17.3. The average Bonchev–Trinajstić information content (AvgIpc) is 3.30. The summed E-state index contributed by atoms with van der Waals surface area (Å²) in [6.07, 6.45) is 1.42. The number of aryl methyl sites for hydroxylation is 2. The Morgan fingerprint density at radius 2 is 1.77 bits per heavy atom. The molecule has 1 N–H and O–H groups in total. The number of benzene rings is 3. The fourth-order valence-corrected chi connectivity index (χ4v) is 5.46. The number of hydrogen-bond acceptors (Lipinski definition) is 2. The number of rotatable bonds is 2. The lowest BCUT2D eigenvalue weighted by atomic mass is 9.78. The van der Waals surface area contributed by atoms with Crippen LogP contribution in [0.1, 0.15) is 42.4 Å². The highest BCUT2D eigenvalue weighted by molar-refractivity contribution is 6.14. The van der Waals surface area contributed by atoms with Crippen molar-refractivity contribution >= 4 is 33.3 Å². The van der Waals surface area contributed by atoms with Crippen LogP contribution in [0.25, 0.3) is 21.8 Å². The third-order valence-electron chi connectivity index (χ3n) is 6.80. The second-order valence-electron chi connectivity index (χ2n) is 8.47. The lowest BCUT2D eigenvalue weighted by molar-refractivity contribution is -0.115. The predicted molar refractivity (Wildman–Crippen MR) is 123 cm³/mol. The number of aromatic nitrogens is 1. The van der Waals surface area contributed by atoms with E-state index in [0.717, 1.165) is 29.9 Å². The van der Waals surface area contributed by atoms with Gasteiger partial charge in [0.2, 0.25) is 0 Å². The molecule has 0 fully saturated rings. The van der Waals surface area contributed by atoms with Gasteiger partial charge in [-0.3, -0.25) is 4.79 Å². The Labute approximate surface area is 176 Å². The smallest absolute Gasteiger partial charge is 0.161 e. The molecule has 30 heavy (non-hydrogen) atoms. The van der Waals surface area contributed by atoms with E-state index in [1.54, 1.807) is 0 Å². The average molecular weight is 393 g/mol. The molecule has 0 saturated carbocycles. The number of nitrogens with zero attached hydrogens (tertiary/aromatic N) is 1. The molecule has 148 valence electrons. The van der Waals surface area contributed by atoms with Crippen molar-refractivity contribution in [3.63, 3.8) is 0 Å². The van der Waals surface area contributed by atoms with Gasteiger partial charge in [-0.2, -0.15) is 0 Å². The van der Waals surface area contributed by atoms with Gasteiger partial charge in [0, 0.05) is 57.6 Å². The van der Waals surface area contributed by atoms with Crippen LogP contribution in [-0.2, 0) is 11.3 Å². The molecule has 0 spiro atoms. The van der Waals surface area contributed by atoms with E-state index in [2.05, 4.69) is 84.4 Å². The van der Waals surface area contributed by atoms with E-state index in [-0.39, 0.29) is 11.7 Å². The Hall–Kier alpha value is -3.33. The van der Waals surface area contributed by atoms with Crippen molar-refractivity contribution < 1.29 is 4.79 Å². The SMILES string of the molecule is CCn1c2ccccc2c2c3c(ccc21)NC1=C(C(=O)CC1)C3c1ccc(C)cc1. The zero-order chi connectivity index (χ0) is 20.4. The second-order valence-corrected chi connectivity index (χ2v) is 8.47. The molecule has 6 rings (SSSR count). The molecular weight excluding hydrogens is 368 g/mol. The summed E-state index contributed by atoms with van der Waals surface area (Å²) in [6, 6.07) is 21.8. The van der Waals surface area contributed by atoms with Crippen molar-refractivity contribution in [2.45, 2.75) is 39.2 Å². The number of carbonyl (C=O) groups is 1. The van der Waals surface area contributed by atoms with Crippen molar-refractivity contribution in [3.8, 4) is 0 Å². The summed E-state index contributed by atoms with van der Waals surface area (Å²) in [6.45, 7) is 5.22. The Balaban J connectivity index is 1.75. The van der Waals surface area contributed by atoms with E-state index in [4.69, 9.17) is 0 Å². The van der Waals surface area contributed by atoms with E-state index in [1.165, 1.54) is 38.5 Å². The van der Waals surface area contributed by atoms with Gasteiger partial charge < -0.3 is 9.88 Å². The highest BCUT2D eigenvalue weighted by Crippen LogP contribution is 2.50. The van der Waals surface area contributed by atoms with Crippen molar-refractivity contribution in [3.05, 3.63) is 88.6 Å². The van der Waals surface area contributed by atoms with Crippen LogP contribution in [0, 0.1) is 6.92 Å². The monoisotopic (exact) mass is 392 g/mol. The van der Waals surface area contributed by atoms with E-state index < -0.39 is 0 Å². The normalized spacial score (nSPS) is 18.1. The Kier molecular flexibility index (Phi) is 3.70. The molecule has 3 nitrogen and oxygen atoms in total. The Morgan fingerprint density at radius 3 is 2.57 bits per heavy atom. The quantitative estimate of drug-likeness (QED) is 0.434.